The molecule has 0 fully saturated rings. The van der Waals surface area contributed by atoms with E-state index in [1.165, 1.54) is 16.4 Å². The van der Waals surface area contributed by atoms with Crippen molar-refractivity contribution in [1.29, 1.82) is 0 Å². The second-order valence-corrected chi connectivity index (χ2v) is 40.1. The van der Waals surface area contributed by atoms with Gasteiger partial charge in [0.15, 0.2) is 0 Å². The van der Waals surface area contributed by atoms with Crippen molar-refractivity contribution in [2.75, 3.05) is 0 Å². The van der Waals surface area contributed by atoms with Crippen molar-refractivity contribution in [2.24, 2.45) is 0 Å². The fourth-order valence-corrected chi connectivity index (χ4v) is 20.2. The molecule has 1 aliphatic carbocycles. The third-order valence-corrected chi connectivity index (χ3v) is 32.3. The molecule has 1 rings (SSSR count). The Hall–Kier alpha value is 0.302. The minimum absolute atomic E-state index is 0.353. The standard InChI is InChI=1S/C5H13OSi2.C5H5.4CH3.Pt/c1-5(2)4-8-6-7-3;1-2-4-5-3-1;;;;;/h4H,3,7-8H2,1-2H3;1-3H,4H2;4*1H3;. The average molecular weight is 466 g/mol. The summed E-state index contributed by atoms with van der Waals surface area (Å²) in [5, 5.41) is 10.3. The van der Waals surface area contributed by atoms with Crippen LogP contribution in [0.1, 0.15) is 20.3 Å². The predicted molar refractivity (Wildman–Crippen MR) is 87.7 cm³/mol. The molecule has 0 aromatic heterocycles. The summed E-state index contributed by atoms with van der Waals surface area (Å²) in [4.78, 5) is 0. The van der Waals surface area contributed by atoms with Crippen LogP contribution in [0, 0.1) is 0 Å². The summed E-state index contributed by atoms with van der Waals surface area (Å²) in [5.74, 6) is 0. The van der Waals surface area contributed by atoms with Gasteiger partial charge in [0.2, 0.25) is 0 Å². The van der Waals surface area contributed by atoms with Crippen LogP contribution in [-0.4, -0.2) is 19.5 Å². The molecule has 0 saturated carbocycles. The van der Waals surface area contributed by atoms with Crippen LogP contribution in [0.2, 0.25) is 25.7 Å². The van der Waals surface area contributed by atoms with Crippen LogP contribution in [0.15, 0.2) is 33.5 Å². The van der Waals surface area contributed by atoms with E-state index in [4.69, 9.17) is 4.12 Å². The van der Waals surface area contributed by atoms with E-state index in [1.807, 2.05) is 0 Å². The summed E-state index contributed by atoms with van der Waals surface area (Å²) >= 11 is -2.84. The van der Waals surface area contributed by atoms with E-state index in [2.05, 4.69) is 59.0 Å². The predicted octanol–water partition coefficient (Wildman–Crippen LogP) is 3.73. The molecule has 0 aromatic carbocycles. The molecule has 1 nitrogen and oxygen atoms in total. The number of hydrogen-bond donors (Lipinski definition) is 0. The number of rotatable bonds is 6. The van der Waals surface area contributed by atoms with Crippen LogP contribution < -0.4 is 0 Å². The van der Waals surface area contributed by atoms with E-state index >= 15 is 0 Å². The zero-order chi connectivity index (χ0) is 13.9. The first-order valence-corrected chi connectivity index (χ1v) is 20.9. The third-order valence-electron chi connectivity index (χ3n) is 3.19. The summed E-state index contributed by atoms with van der Waals surface area (Å²) in [5.41, 5.74) is 3.74. The summed E-state index contributed by atoms with van der Waals surface area (Å²) in [6, 6.07) is 0. The quantitative estimate of drug-likeness (QED) is 0.429. The summed E-state index contributed by atoms with van der Waals surface area (Å²) in [7, 11) is -0.738. The van der Waals surface area contributed by atoms with Crippen molar-refractivity contribution in [1.82, 2.24) is 0 Å². The van der Waals surface area contributed by atoms with Gasteiger partial charge in [0.05, 0.1) is 0 Å². The maximum atomic E-state index is 6.07. The molecule has 0 atom stereocenters. The fourth-order valence-electron chi connectivity index (χ4n) is 1.71. The van der Waals surface area contributed by atoms with Crippen molar-refractivity contribution in [3.05, 3.63) is 33.5 Å². The molecule has 0 spiro atoms. The van der Waals surface area contributed by atoms with Crippen molar-refractivity contribution in [3.8, 4) is 0 Å². The molecular weight excluding hydrogens is 435 g/mol. The second-order valence-electron chi connectivity index (χ2n) is 6.76. The number of hydrogen-bond acceptors (Lipinski definition) is 1. The van der Waals surface area contributed by atoms with E-state index in [1.54, 1.807) is 3.96 Å². The second kappa shape index (κ2) is 5.01. The van der Waals surface area contributed by atoms with Crippen molar-refractivity contribution in [2.45, 2.75) is 46.0 Å². The first-order valence-electron chi connectivity index (χ1n) is 6.14. The number of allylic oxidation sites excluding steroid dienone is 5. The first kappa shape index (κ1) is 16.4. The van der Waals surface area contributed by atoms with Crippen LogP contribution in [0.5, 0.6) is 0 Å². The molecule has 0 unspecified atom stereocenters. The van der Waals surface area contributed by atoms with Crippen molar-refractivity contribution < 1.29 is 17.7 Å². The maximum absolute atomic E-state index is 6.07. The van der Waals surface area contributed by atoms with E-state index in [9.17, 15) is 0 Å². The molecule has 0 amide bonds. The Morgan fingerprint density at radius 2 is 2.00 bits per heavy atom. The van der Waals surface area contributed by atoms with Crippen molar-refractivity contribution >= 4 is 19.5 Å². The van der Waals surface area contributed by atoms with Gasteiger partial charge in [0.25, 0.3) is 0 Å². The van der Waals surface area contributed by atoms with E-state index in [0.29, 0.717) is 0 Å². The Kier molecular flexibility index (Phi) is 4.55. The Morgan fingerprint density at radius 1 is 1.33 bits per heavy atom. The van der Waals surface area contributed by atoms with Crippen molar-refractivity contribution in [3.63, 3.8) is 0 Å². The molecule has 0 heterocycles. The van der Waals surface area contributed by atoms with Gasteiger partial charge in [0, 0.05) is 0 Å². The zero-order valence-electron chi connectivity index (χ0n) is 12.9. The van der Waals surface area contributed by atoms with Crippen LogP contribution in [-0.2, 0) is 17.7 Å². The Labute approximate surface area is 116 Å². The Balaban J connectivity index is 2.60. The Morgan fingerprint density at radius 3 is 2.50 bits per heavy atom. The first-order chi connectivity index (χ1) is 8.04. The molecule has 4 heteroatoms. The van der Waals surface area contributed by atoms with Gasteiger partial charge in [-0.2, -0.15) is 0 Å². The van der Waals surface area contributed by atoms with Gasteiger partial charge in [-0.05, 0) is 0 Å². The van der Waals surface area contributed by atoms with Gasteiger partial charge in [-0.15, -0.1) is 0 Å². The summed E-state index contributed by atoms with van der Waals surface area (Å²) in [6.45, 7) is 4.33. The molecule has 0 saturated heterocycles. The zero-order valence-corrected chi connectivity index (χ0v) is 18.0. The molecular formula is C14H30OPtSi2. The van der Waals surface area contributed by atoms with Crippen LogP contribution >= 0.6 is 0 Å². The third kappa shape index (κ3) is 4.77. The Bertz CT molecular complexity index is 408. The topological polar surface area (TPSA) is 9.23 Å². The molecule has 110 valence electrons. The molecule has 0 N–H and O–H groups in total. The minimum atomic E-state index is -2.84. The molecule has 0 aromatic rings. The molecule has 0 aliphatic heterocycles. The SMILES string of the molecule is CC(C)=C[SiH2]O[SiH2][CH2][Pt]([CH3])([CH3])([CH3])([CH3])[C]1=CC=CC1. The molecule has 1 aliphatic rings. The van der Waals surface area contributed by atoms with Crippen LogP contribution in [0.25, 0.3) is 0 Å². The van der Waals surface area contributed by atoms with Gasteiger partial charge in [-0.3, -0.25) is 0 Å². The fraction of sp³-hybridized carbons (Fsp3) is 0.571. The van der Waals surface area contributed by atoms with Gasteiger partial charge in [0.1, 0.15) is 0 Å². The van der Waals surface area contributed by atoms with Gasteiger partial charge >= 0.3 is 117 Å². The summed E-state index contributed by atoms with van der Waals surface area (Å²) in [6.07, 6.45) is 8.10. The average Bonchev–Trinajstić information content (AvgIpc) is 2.68. The summed E-state index contributed by atoms with van der Waals surface area (Å²) < 4.78 is 9.18. The van der Waals surface area contributed by atoms with Gasteiger partial charge in [-0.25, -0.2) is 0 Å². The van der Waals surface area contributed by atoms with Gasteiger partial charge < -0.3 is 0 Å². The molecule has 0 radical (unpaired) electrons. The van der Waals surface area contributed by atoms with E-state index in [0.717, 1.165) is 0 Å². The van der Waals surface area contributed by atoms with Crippen LogP contribution in [0.4, 0.5) is 0 Å². The van der Waals surface area contributed by atoms with Gasteiger partial charge in [-0.1, -0.05) is 0 Å². The molecule has 18 heavy (non-hydrogen) atoms. The normalized spacial score (nSPS) is 20.4. The van der Waals surface area contributed by atoms with E-state index < -0.39 is 13.6 Å². The monoisotopic (exact) mass is 465 g/mol. The van der Waals surface area contributed by atoms with Crippen LogP contribution in [0.3, 0.4) is 0 Å². The van der Waals surface area contributed by atoms with E-state index in [-0.39, 0.29) is 19.5 Å². The molecule has 0 bridgehead atoms.